The van der Waals surface area contributed by atoms with Crippen LogP contribution in [0.15, 0.2) is 52.9 Å². The number of nitrogens with zero attached hydrogens (tertiary/aromatic N) is 2. The number of carbonyl (C=O) groups excluding carboxylic acids is 2. The van der Waals surface area contributed by atoms with E-state index in [9.17, 15) is 9.59 Å². The first kappa shape index (κ1) is 15.9. The molecule has 8 heteroatoms. The second-order valence-corrected chi connectivity index (χ2v) is 5.71. The highest BCUT2D eigenvalue weighted by atomic mass is 32.1. The van der Waals surface area contributed by atoms with Gasteiger partial charge >= 0.3 is 0 Å². The van der Waals surface area contributed by atoms with Gasteiger partial charge in [0.25, 0.3) is 11.8 Å². The summed E-state index contributed by atoms with van der Waals surface area (Å²) in [5, 5.41) is 7.31. The molecule has 0 fully saturated rings. The molecule has 0 aromatic carbocycles. The van der Waals surface area contributed by atoms with E-state index in [0.717, 1.165) is 4.88 Å². The number of amides is 2. The Balaban J connectivity index is 1.50. The summed E-state index contributed by atoms with van der Waals surface area (Å²) in [6, 6.07) is 7.09. The van der Waals surface area contributed by atoms with Gasteiger partial charge in [-0.05, 0) is 23.6 Å². The van der Waals surface area contributed by atoms with Crippen LogP contribution < -0.4 is 10.6 Å². The number of nitrogens with one attached hydrogen (secondary N) is 2. The van der Waals surface area contributed by atoms with Gasteiger partial charge in [-0.15, -0.1) is 11.3 Å². The Morgan fingerprint density at radius 1 is 1.12 bits per heavy atom. The van der Waals surface area contributed by atoms with Crippen molar-refractivity contribution >= 4 is 23.2 Å². The SMILES string of the molecule is O=C(NCCNC(=O)c1ncoc1-c1cccs1)c1cccnc1. The number of thiophene rings is 1. The number of hydrogen-bond acceptors (Lipinski definition) is 6. The molecule has 3 rings (SSSR count). The third-order valence-corrected chi connectivity index (χ3v) is 4.02. The highest BCUT2D eigenvalue weighted by Crippen LogP contribution is 2.27. The van der Waals surface area contributed by atoms with Crippen molar-refractivity contribution in [3.63, 3.8) is 0 Å². The van der Waals surface area contributed by atoms with Gasteiger partial charge in [0, 0.05) is 25.5 Å². The third-order valence-electron chi connectivity index (χ3n) is 3.15. The van der Waals surface area contributed by atoms with Gasteiger partial charge in [0.05, 0.1) is 10.4 Å². The van der Waals surface area contributed by atoms with E-state index in [0.29, 0.717) is 17.9 Å². The molecule has 3 heterocycles. The fourth-order valence-corrected chi connectivity index (χ4v) is 2.74. The maximum atomic E-state index is 12.2. The van der Waals surface area contributed by atoms with Gasteiger partial charge < -0.3 is 15.1 Å². The number of carbonyl (C=O) groups is 2. The Hall–Kier alpha value is -3.00. The van der Waals surface area contributed by atoms with Crippen LogP contribution in [0.4, 0.5) is 0 Å². The molecule has 0 aliphatic rings. The van der Waals surface area contributed by atoms with Gasteiger partial charge in [-0.3, -0.25) is 14.6 Å². The first-order chi connectivity index (χ1) is 11.8. The number of aromatic nitrogens is 2. The van der Waals surface area contributed by atoms with Crippen molar-refractivity contribution in [2.24, 2.45) is 0 Å². The van der Waals surface area contributed by atoms with Crippen LogP contribution in [0.1, 0.15) is 20.8 Å². The number of hydrogen-bond donors (Lipinski definition) is 2. The van der Waals surface area contributed by atoms with Crippen LogP contribution in [-0.2, 0) is 0 Å². The maximum absolute atomic E-state index is 12.2. The van der Waals surface area contributed by atoms with Gasteiger partial charge in [0.1, 0.15) is 0 Å². The lowest BCUT2D eigenvalue weighted by Gasteiger charge is -2.06. The normalized spacial score (nSPS) is 10.3. The van der Waals surface area contributed by atoms with E-state index in [1.807, 2.05) is 17.5 Å². The van der Waals surface area contributed by atoms with Gasteiger partial charge in [0.15, 0.2) is 17.8 Å². The number of oxazole rings is 1. The van der Waals surface area contributed by atoms with E-state index in [1.165, 1.54) is 23.9 Å². The molecule has 3 aromatic heterocycles. The van der Waals surface area contributed by atoms with Crippen LogP contribution in [-0.4, -0.2) is 34.9 Å². The van der Waals surface area contributed by atoms with Crippen molar-refractivity contribution in [3.05, 3.63) is 59.7 Å². The fourth-order valence-electron chi connectivity index (χ4n) is 2.03. The van der Waals surface area contributed by atoms with Gasteiger partial charge in [0.2, 0.25) is 0 Å². The lowest BCUT2D eigenvalue weighted by atomic mass is 10.2. The molecule has 3 aromatic rings. The lowest BCUT2D eigenvalue weighted by molar-refractivity contribution is 0.0925. The second-order valence-electron chi connectivity index (χ2n) is 4.76. The minimum absolute atomic E-state index is 0.232. The summed E-state index contributed by atoms with van der Waals surface area (Å²) in [6.45, 7) is 0.577. The van der Waals surface area contributed by atoms with Crippen molar-refractivity contribution in [1.29, 1.82) is 0 Å². The second kappa shape index (κ2) is 7.51. The Morgan fingerprint density at radius 3 is 2.67 bits per heavy atom. The molecule has 0 aliphatic carbocycles. The number of pyridine rings is 1. The molecule has 0 unspecified atom stereocenters. The monoisotopic (exact) mass is 342 g/mol. The first-order valence-corrected chi connectivity index (χ1v) is 8.07. The summed E-state index contributed by atoms with van der Waals surface area (Å²) in [7, 11) is 0. The molecule has 0 aliphatic heterocycles. The molecular weight excluding hydrogens is 328 g/mol. The molecule has 2 amide bonds. The molecule has 2 N–H and O–H groups in total. The van der Waals surface area contributed by atoms with Crippen molar-refractivity contribution < 1.29 is 14.0 Å². The van der Waals surface area contributed by atoms with Crippen molar-refractivity contribution in [3.8, 4) is 10.6 Å². The van der Waals surface area contributed by atoms with Crippen molar-refractivity contribution in [1.82, 2.24) is 20.6 Å². The van der Waals surface area contributed by atoms with E-state index in [-0.39, 0.29) is 24.1 Å². The zero-order valence-electron chi connectivity index (χ0n) is 12.6. The quantitative estimate of drug-likeness (QED) is 0.668. The summed E-state index contributed by atoms with van der Waals surface area (Å²) in [4.78, 5) is 32.7. The Bertz CT molecular complexity index is 815. The largest absolute Gasteiger partial charge is 0.442 e. The summed E-state index contributed by atoms with van der Waals surface area (Å²) >= 11 is 1.47. The van der Waals surface area contributed by atoms with E-state index in [4.69, 9.17) is 4.42 Å². The summed E-state index contributed by atoms with van der Waals surface area (Å²) in [6.07, 6.45) is 4.32. The first-order valence-electron chi connectivity index (χ1n) is 7.19. The molecule has 0 atom stereocenters. The van der Waals surface area contributed by atoms with Gasteiger partial charge in [-0.2, -0.15) is 0 Å². The van der Waals surface area contributed by atoms with Crippen LogP contribution in [0, 0.1) is 0 Å². The van der Waals surface area contributed by atoms with Crippen LogP contribution in [0.2, 0.25) is 0 Å². The topological polar surface area (TPSA) is 97.1 Å². The minimum Gasteiger partial charge on any atom is -0.442 e. The molecule has 0 bridgehead atoms. The van der Waals surface area contributed by atoms with E-state index in [1.54, 1.807) is 18.3 Å². The average Bonchev–Trinajstić information content (AvgIpc) is 3.29. The van der Waals surface area contributed by atoms with Crippen molar-refractivity contribution in [2.45, 2.75) is 0 Å². The lowest BCUT2D eigenvalue weighted by Crippen LogP contribution is -2.35. The molecule has 0 spiro atoms. The molecule has 122 valence electrons. The van der Waals surface area contributed by atoms with Crippen LogP contribution in [0.5, 0.6) is 0 Å². The summed E-state index contributed by atoms with van der Waals surface area (Å²) in [5.74, 6) is -0.136. The van der Waals surface area contributed by atoms with Crippen LogP contribution in [0.3, 0.4) is 0 Å². The fraction of sp³-hybridized carbons (Fsp3) is 0.125. The van der Waals surface area contributed by atoms with Crippen molar-refractivity contribution in [2.75, 3.05) is 13.1 Å². The minimum atomic E-state index is -0.345. The van der Waals surface area contributed by atoms with E-state index >= 15 is 0 Å². The summed E-state index contributed by atoms with van der Waals surface area (Å²) < 4.78 is 5.29. The maximum Gasteiger partial charge on any atom is 0.274 e. The molecule has 0 saturated heterocycles. The van der Waals surface area contributed by atoms with E-state index < -0.39 is 0 Å². The zero-order chi connectivity index (χ0) is 16.8. The smallest absolute Gasteiger partial charge is 0.274 e. The van der Waals surface area contributed by atoms with Crippen LogP contribution in [0.25, 0.3) is 10.6 Å². The molecule has 0 saturated carbocycles. The summed E-state index contributed by atoms with van der Waals surface area (Å²) in [5.41, 5.74) is 0.705. The molecule has 24 heavy (non-hydrogen) atoms. The number of rotatable bonds is 6. The Labute approximate surface area is 141 Å². The highest BCUT2D eigenvalue weighted by Gasteiger charge is 2.18. The predicted octanol–water partition coefficient (Wildman–Crippen LogP) is 1.96. The Kier molecular flexibility index (Phi) is 4.97. The average molecular weight is 342 g/mol. The zero-order valence-corrected chi connectivity index (χ0v) is 13.4. The molecule has 0 radical (unpaired) electrons. The predicted molar refractivity (Wildman–Crippen MR) is 88.7 cm³/mol. The highest BCUT2D eigenvalue weighted by molar-refractivity contribution is 7.13. The third kappa shape index (κ3) is 3.66. The van der Waals surface area contributed by atoms with Crippen LogP contribution >= 0.6 is 11.3 Å². The van der Waals surface area contributed by atoms with E-state index in [2.05, 4.69) is 20.6 Å². The molecule has 7 nitrogen and oxygen atoms in total. The van der Waals surface area contributed by atoms with Gasteiger partial charge in [-0.1, -0.05) is 6.07 Å². The Morgan fingerprint density at radius 2 is 1.96 bits per heavy atom. The van der Waals surface area contributed by atoms with Gasteiger partial charge in [-0.25, -0.2) is 4.98 Å². The standard InChI is InChI=1S/C16H14N4O3S/c21-15(11-3-1-5-17-9-11)18-6-7-19-16(22)13-14(23-10-20-13)12-4-2-8-24-12/h1-5,8-10H,6-7H2,(H,18,21)(H,19,22). The molecular formula is C16H14N4O3S.